The molecular formula is C13H16N4O3. The number of nitro benzene ring substituents is 1. The van der Waals surface area contributed by atoms with Crippen molar-refractivity contribution in [3.8, 4) is 0 Å². The number of nitrogens with one attached hydrogen (secondary N) is 1. The first kappa shape index (κ1) is 12.9. The average molecular weight is 276 g/mol. The monoisotopic (exact) mass is 276 g/mol. The molecule has 20 heavy (non-hydrogen) atoms. The Morgan fingerprint density at radius 2 is 2.40 bits per heavy atom. The number of likely N-dealkylation sites (N-methyl/N-ethyl adjacent to an activating group) is 1. The van der Waals surface area contributed by atoms with E-state index >= 15 is 0 Å². The molecule has 1 aliphatic heterocycles. The van der Waals surface area contributed by atoms with Crippen LogP contribution in [0.5, 0.6) is 0 Å². The molecule has 1 aliphatic rings. The van der Waals surface area contributed by atoms with Crippen molar-refractivity contribution in [3.63, 3.8) is 0 Å². The lowest BCUT2D eigenvalue weighted by Gasteiger charge is -2.30. The topological polar surface area (TPSA) is 84.4 Å². The Balaban J connectivity index is 1.89. The molecule has 0 bridgehead atoms. The third kappa shape index (κ3) is 2.32. The van der Waals surface area contributed by atoms with Crippen molar-refractivity contribution in [1.82, 2.24) is 10.3 Å². The Morgan fingerprint density at radius 3 is 3.10 bits per heavy atom. The van der Waals surface area contributed by atoms with Crippen LogP contribution in [0.4, 0.5) is 11.7 Å². The number of hydrogen-bond acceptors (Lipinski definition) is 6. The normalized spacial score (nSPS) is 19.1. The third-order valence-electron chi connectivity index (χ3n) is 3.69. The first-order valence-electron chi connectivity index (χ1n) is 6.63. The van der Waals surface area contributed by atoms with Gasteiger partial charge in [-0.3, -0.25) is 10.1 Å². The van der Waals surface area contributed by atoms with Crippen LogP contribution in [-0.2, 0) is 0 Å². The van der Waals surface area contributed by atoms with E-state index in [1.165, 1.54) is 12.1 Å². The number of nitrogens with zero attached hydrogens (tertiary/aromatic N) is 3. The molecule has 1 atom stereocenters. The van der Waals surface area contributed by atoms with Crippen molar-refractivity contribution >= 4 is 22.8 Å². The van der Waals surface area contributed by atoms with Gasteiger partial charge in [0.15, 0.2) is 5.58 Å². The van der Waals surface area contributed by atoms with Gasteiger partial charge in [-0.15, -0.1) is 0 Å². The highest BCUT2D eigenvalue weighted by molar-refractivity contribution is 5.77. The van der Waals surface area contributed by atoms with Crippen LogP contribution >= 0.6 is 0 Å². The number of fused-ring (bicyclic) bond motifs is 1. The van der Waals surface area contributed by atoms with Crippen molar-refractivity contribution in [3.05, 3.63) is 28.3 Å². The van der Waals surface area contributed by atoms with Gasteiger partial charge in [0.1, 0.15) is 5.52 Å². The van der Waals surface area contributed by atoms with Crippen molar-refractivity contribution < 1.29 is 9.34 Å². The Kier molecular flexibility index (Phi) is 3.27. The second-order valence-electron chi connectivity index (χ2n) is 5.02. The molecule has 0 aliphatic carbocycles. The number of non-ortho nitro benzene ring substituents is 1. The molecule has 0 radical (unpaired) electrons. The lowest BCUT2D eigenvalue weighted by molar-refractivity contribution is -0.384. The third-order valence-corrected chi connectivity index (χ3v) is 3.69. The molecular weight excluding hydrogens is 260 g/mol. The number of nitro groups is 1. The summed E-state index contributed by atoms with van der Waals surface area (Å²) in [6.07, 6.45) is 2.21. The predicted octanol–water partition coefficient (Wildman–Crippen LogP) is 1.92. The Labute approximate surface area is 115 Å². The average Bonchev–Trinajstić information content (AvgIpc) is 2.90. The number of rotatable bonds is 3. The summed E-state index contributed by atoms with van der Waals surface area (Å²) in [5.74, 6) is 0. The minimum atomic E-state index is -0.434. The fourth-order valence-electron chi connectivity index (χ4n) is 2.49. The molecule has 2 heterocycles. The van der Waals surface area contributed by atoms with Gasteiger partial charge in [0.25, 0.3) is 11.7 Å². The second kappa shape index (κ2) is 5.09. The largest absolute Gasteiger partial charge is 0.423 e. The summed E-state index contributed by atoms with van der Waals surface area (Å²) in [7, 11) is 1.94. The number of anilines is 1. The van der Waals surface area contributed by atoms with Gasteiger partial charge >= 0.3 is 0 Å². The van der Waals surface area contributed by atoms with Crippen LogP contribution in [0.3, 0.4) is 0 Å². The molecule has 7 heteroatoms. The number of piperidine rings is 1. The standard InChI is InChI=1S/C13H16N4O3/c1-16(10-3-2-6-14-8-10)13-15-11-5-4-9(17(18)19)7-12(11)20-13/h4-5,7,10,14H,2-3,6,8H2,1H3. The molecule has 0 spiro atoms. The van der Waals surface area contributed by atoms with Crippen molar-refractivity contribution in [2.24, 2.45) is 0 Å². The second-order valence-corrected chi connectivity index (χ2v) is 5.02. The van der Waals surface area contributed by atoms with E-state index in [0.29, 0.717) is 23.2 Å². The zero-order chi connectivity index (χ0) is 14.1. The molecule has 1 aromatic carbocycles. The summed E-state index contributed by atoms with van der Waals surface area (Å²) < 4.78 is 5.66. The van der Waals surface area contributed by atoms with Crippen LogP contribution in [-0.4, -0.2) is 36.1 Å². The van der Waals surface area contributed by atoms with E-state index < -0.39 is 4.92 Å². The van der Waals surface area contributed by atoms with Gasteiger partial charge in [-0.1, -0.05) is 0 Å². The van der Waals surface area contributed by atoms with Crippen molar-refractivity contribution in [2.45, 2.75) is 18.9 Å². The van der Waals surface area contributed by atoms with Crippen molar-refractivity contribution in [1.29, 1.82) is 0 Å². The quantitative estimate of drug-likeness (QED) is 0.681. The summed E-state index contributed by atoms with van der Waals surface area (Å²) in [5.41, 5.74) is 1.10. The lowest BCUT2D eigenvalue weighted by Crippen LogP contribution is -2.44. The lowest BCUT2D eigenvalue weighted by atomic mass is 10.1. The molecule has 1 N–H and O–H groups in total. The molecule has 7 nitrogen and oxygen atoms in total. The van der Waals surface area contributed by atoms with Crippen LogP contribution in [0.1, 0.15) is 12.8 Å². The van der Waals surface area contributed by atoms with Gasteiger partial charge in [0, 0.05) is 25.7 Å². The summed E-state index contributed by atoms with van der Waals surface area (Å²) in [6, 6.07) is 5.32. The number of aromatic nitrogens is 1. The minimum Gasteiger partial charge on any atom is -0.423 e. The van der Waals surface area contributed by atoms with E-state index in [1.54, 1.807) is 6.07 Å². The van der Waals surface area contributed by atoms with Crippen molar-refractivity contribution in [2.75, 3.05) is 25.0 Å². The zero-order valence-electron chi connectivity index (χ0n) is 11.2. The first-order valence-corrected chi connectivity index (χ1v) is 6.63. The fraction of sp³-hybridized carbons (Fsp3) is 0.462. The minimum absolute atomic E-state index is 0.0159. The van der Waals surface area contributed by atoms with Crippen LogP contribution in [0, 0.1) is 10.1 Å². The summed E-state index contributed by atoms with van der Waals surface area (Å²) in [4.78, 5) is 16.7. The maximum absolute atomic E-state index is 10.8. The maximum Gasteiger partial charge on any atom is 0.298 e. The van der Waals surface area contributed by atoms with Crippen LogP contribution in [0.25, 0.3) is 11.1 Å². The summed E-state index contributed by atoms with van der Waals surface area (Å²) in [6.45, 7) is 1.94. The number of benzene rings is 1. The molecule has 1 fully saturated rings. The Morgan fingerprint density at radius 1 is 1.55 bits per heavy atom. The molecule has 0 amide bonds. The molecule has 1 saturated heterocycles. The Bertz CT molecular complexity index is 634. The SMILES string of the molecule is CN(c1nc2ccc([N+](=O)[O-])cc2o1)C1CCCNC1. The van der Waals surface area contributed by atoms with E-state index in [0.717, 1.165) is 25.9 Å². The van der Waals surface area contributed by atoms with Crippen LogP contribution < -0.4 is 10.2 Å². The summed E-state index contributed by atoms with van der Waals surface area (Å²) >= 11 is 0. The summed E-state index contributed by atoms with van der Waals surface area (Å²) in [5, 5.41) is 14.1. The highest BCUT2D eigenvalue weighted by atomic mass is 16.6. The fourth-order valence-corrected chi connectivity index (χ4v) is 2.49. The molecule has 2 aromatic rings. The molecule has 0 saturated carbocycles. The molecule has 3 rings (SSSR count). The van der Waals surface area contributed by atoms with Gasteiger partial charge in [-0.2, -0.15) is 4.98 Å². The molecule has 1 aromatic heterocycles. The van der Waals surface area contributed by atoms with Gasteiger partial charge < -0.3 is 14.6 Å². The maximum atomic E-state index is 10.8. The van der Waals surface area contributed by atoms with Gasteiger partial charge in [-0.05, 0) is 25.5 Å². The zero-order valence-corrected chi connectivity index (χ0v) is 11.2. The van der Waals surface area contributed by atoms with Crippen LogP contribution in [0.15, 0.2) is 22.6 Å². The molecule has 1 unspecified atom stereocenters. The smallest absolute Gasteiger partial charge is 0.298 e. The van der Waals surface area contributed by atoms with E-state index in [9.17, 15) is 10.1 Å². The van der Waals surface area contributed by atoms with E-state index in [1.807, 2.05) is 11.9 Å². The van der Waals surface area contributed by atoms with E-state index in [-0.39, 0.29) is 5.69 Å². The highest BCUT2D eigenvalue weighted by Crippen LogP contribution is 2.26. The van der Waals surface area contributed by atoms with E-state index in [4.69, 9.17) is 4.42 Å². The van der Waals surface area contributed by atoms with E-state index in [2.05, 4.69) is 10.3 Å². The predicted molar refractivity (Wildman–Crippen MR) is 75.0 cm³/mol. The van der Waals surface area contributed by atoms with Gasteiger partial charge in [0.2, 0.25) is 0 Å². The van der Waals surface area contributed by atoms with Gasteiger partial charge in [0.05, 0.1) is 11.0 Å². The highest BCUT2D eigenvalue weighted by Gasteiger charge is 2.22. The first-order chi connectivity index (χ1) is 9.65. The Hall–Kier alpha value is -2.15. The molecule has 106 valence electrons. The number of oxazole rings is 1. The van der Waals surface area contributed by atoms with Crippen LogP contribution in [0.2, 0.25) is 0 Å². The number of hydrogen-bond donors (Lipinski definition) is 1. The van der Waals surface area contributed by atoms with Gasteiger partial charge in [-0.25, -0.2) is 0 Å².